The molecule has 0 radical (unpaired) electrons. The predicted octanol–water partition coefficient (Wildman–Crippen LogP) is 1.14. The first-order chi connectivity index (χ1) is 17.0. The van der Waals surface area contributed by atoms with Crippen molar-refractivity contribution < 1.29 is 33.4 Å². The summed E-state index contributed by atoms with van der Waals surface area (Å²) in [5, 5.41) is 5.39. The van der Waals surface area contributed by atoms with Crippen molar-refractivity contribution in [1.82, 2.24) is 15.5 Å². The first-order valence-electron chi connectivity index (χ1n) is 11.5. The molecule has 5 rings (SSSR count). The highest BCUT2D eigenvalue weighted by molar-refractivity contribution is 6.21. The summed E-state index contributed by atoms with van der Waals surface area (Å²) in [5.74, 6) is -0.787. The van der Waals surface area contributed by atoms with Crippen LogP contribution in [0.5, 0.6) is 5.75 Å². The Kier molecular flexibility index (Phi) is 6.23. The van der Waals surface area contributed by atoms with E-state index in [-0.39, 0.29) is 43.4 Å². The second kappa shape index (κ2) is 9.47. The Hall–Kier alpha value is -3.76. The van der Waals surface area contributed by atoms with E-state index < -0.39 is 12.3 Å². The first-order valence-corrected chi connectivity index (χ1v) is 11.5. The molecule has 182 valence electrons. The van der Waals surface area contributed by atoms with Gasteiger partial charge < -0.3 is 24.8 Å². The van der Waals surface area contributed by atoms with E-state index in [1.54, 1.807) is 30.3 Å². The van der Waals surface area contributed by atoms with Crippen LogP contribution in [0.2, 0.25) is 0 Å². The van der Waals surface area contributed by atoms with E-state index >= 15 is 0 Å². The average molecular weight is 479 g/mol. The second-order valence-corrected chi connectivity index (χ2v) is 8.51. The number of nitrogens with zero attached hydrogens (tertiary/aromatic N) is 1. The summed E-state index contributed by atoms with van der Waals surface area (Å²) < 4.78 is 17.0. The zero-order valence-electron chi connectivity index (χ0n) is 19.2. The fourth-order valence-electron chi connectivity index (χ4n) is 4.54. The Bertz CT molecular complexity index is 1170. The van der Waals surface area contributed by atoms with Crippen LogP contribution >= 0.6 is 0 Å². The summed E-state index contributed by atoms with van der Waals surface area (Å²) in [5.41, 5.74) is 2.32. The fraction of sp³-hybridized carbons (Fsp3) is 0.360. The highest BCUT2D eigenvalue weighted by atomic mass is 16.7. The molecule has 0 spiro atoms. The van der Waals surface area contributed by atoms with Gasteiger partial charge in [-0.1, -0.05) is 12.1 Å². The molecule has 2 aromatic carbocycles. The molecular formula is C25H25N3O7. The monoisotopic (exact) mass is 479 g/mol. The number of ether oxygens (including phenoxy) is 3. The minimum atomic E-state index is -0.573. The lowest BCUT2D eigenvalue weighted by Crippen LogP contribution is -2.50. The van der Waals surface area contributed by atoms with E-state index in [1.165, 1.54) is 18.0 Å². The number of imide groups is 1. The third kappa shape index (κ3) is 4.26. The molecule has 0 aromatic heterocycles. The number of carbonyl (C=O) groups excluding carboxylic acids is 4. The molecule has 3 aliphatic rings. The van der Waals surface area contributed by atoms with Gasteiger partial charge in [-0.2, -0.15) is 0 Å². The normalized spacial score (nSPS) is 20.8. The van der Waals surface area contributed by atoms with Gasteiger partial charge in [-0.25, -0.2) is 0 Å². The van der Waals surface area contributed by atoms with Crippen LogP contribution < -0.4 is 15.4 Å². The lowest BCUT2D eigenvalue weighted by atomic mass is 10.0. The number of amides is 4. The molecule has 10 heteroatoms. The van der Waals surface area contributed by atoms with E-state index in [0.29, 0.717) is 47.5 Å². The molecule has 0 unspecified atom stereocenters. The van der Waals surface area contributed by atoms with Gasteiger partial charge in [0.2, 0.25) is 0 Å². The standard InChI is InChI=1S/C25H25N3O7/c1-26-23(30)19-11-15(10-14-7-9-33-21(14)19)22(29)27-8-6-20-34-12-16(13-35-20)28-24(31)17-4-2-3-5-18(17)25(28)32/h2-5,10-11,16,20H,6-9,12-13H2,1H3,(H,26,30)(H,27,29)/t16-,20-. The van der Waals surface area contributed by atoms with E-state index in [9.17, 15) is 19.2 Å². The van der Waals surface area contributed by atoms with Crippen molar-refractivity contribution in [2.24, 2.45) is 0 Å². The number of benzene rings is 2. The van der Waals surface area contributed by atoms with E-state index in [0.717, 1.165) is 5.56 Å². The van der Waals surface area contributed by atoms with Gasteiger partial charge in [0, 0.05) is 32.0 Å². The molecule has 10 nitrogen and oxygen atoms in total. The van der Waals surface area contributed by atoms with E-state index in [1.807, 2.05) is 0 Å². The van der Waals surface area contributed by atoms with Gasteiger partial charge in [0.05, 0.1) is 42.6 Å². The van der Waals surface area contributed by atoms with Crippen molar-refractivity contribution in [2.45, 2.75) is 25.2 Å². The first kappa shape index (κ1) is 23.0. The van der Waals surface area contributed by atoms with Gasteiger partial charge in [-0.3, -0.25) is 24.1 Å². The molecule has 4 amide bonds. The van der Waals surface area contributed by atoms with Crippen molar-refractivity contribution in [3.8, 4) is 5.75 Å². The summed E-state index contributed by atoms with van der Waals surface area (Å²) in [4.78, 5) is 51.4. The zero-order chi connectivity index (χ0) is 24.5. The number of hydrogen-bond donors (Lipinski definition) is 2. The smallest absolute Gasteiger partial charge is 0.261 e. The number of carbonyl (C=O) groups is 4. The molecular weight excluding hydrogens is 454 g/mol. The Morgan fingerprint density at radius 1 is 1.03 bits per heavy atom. The lowest BCUT2D eigenvalue weighted by Gasteiger charge is -2.33. The largest absolute Gasteiger partial charge is 0.492 e. The molecule has 0 atom stereocenters. The zero-order valence-corrected chi connectivity index (χ0v) is 19.2. The number of nitrogens with one attached hydrogen (secondary N) is 2. The molecule has 3 aliphatic heterocycles. The van der Waals surface area contributed by atoms with Crippen LogP contribution in [0.1, 0.15) is 53.4 Å². The highest BCUT2D eigenvalue weighted by Crippen LogP contribution is 2.31. The Labute approximate surface area is 201 Å². The maximum absolute atomic E-state index is 12.7. The number of rotatable bonds is 6. The Morgan fingerprint density at radius 2 is 1.71 bits per heavy atom. The van der Waals surface area contributed by atoms with Crippen LogP contribution in [-0.4, -0.2) is 74.3 Å². The van der Waals surface area contributed by atoms with Gasteiger partial charge in [0.1, 0.15) is 5.75 Å². The quantitative estimate of drug-likeness (QED) is 0.596. The van der Waals surface area contributed by atoms with E-state index in [4.69, 9.17) is 14.2 Å². The molecule has 0 saturated carbocycles. The molecule has 35 heavy (non-hydrogen) atoms. The minimum Gasteiger partial charge on any atom is -0.492 e. The van der Waals surface area contributed by atoms with Crippen LogP contribution in [0.4, 0.5) is 0 Å². The second-order valence-electron chi connectivity index (χ2n) is 8.51. The van der Waals surface area contributed by atoms with Crippen molar-refractivity contribution in [3.63, 3.8) is 0 Å². The lowest BCUT2D eigenvalue weighted by molar-refractivity contribution is -0.198. The molecule has 0 bridgehead atoms. The summed E-state index contributed by atoms with van der Waals surface area (Å²) >= 11 is 0. The number of fused-ring (bicyclic) bond motifs is 2. The number of hydrogen-bond acceptors (Lipinski definition) is 7. The van der Waals surface area contributed by atoms with Gasteiger partial charge in [-0.15, -0.1) is 0 Å². The molecule has 1 saturated heterocycles. The Balaban J connectivity index is 1.13. The van der Waals surface area contributed by atoms with Crippen molar-refractivity contribution in [3.05, 3.63) is 64.2 Å². The molecule has 2 aromatic rings. The van der Waals surface area contributed by atoms with E-state index in [2.05, 4.69) is 10.6 Å². The van der Waals surface area contributed by atoms with Crippen LogP contribution in [-0.2, 0) is 15.9 Å². The topological polar surface area (TPSA) is 123 Å². The van der Waals surface area contributed by atoms with Gasteiger partial charge in [0.15, 0.2) is 6.29 Å². The van der Waals surface area contributed by atoms with Crippen molar-refractivity contribution in [2.75, 3.05) is 33.4 Å². The molecule has 3 heterocycles. The van der Waals surface area contributed by atoms with Gasteiger partial charge in [-0.05, 0) is 29.8 Å². The minimum absolute atomic E-state index is 0.157. The molecule has 0 aliphatic carbocycles. The summed E-state index contributed by atoms with van der Waals surface area (Å²) in [6, 6.07) is 9.48. The van der Waals surface area contributed by atoms with Gasteiger partial charge in [0.25, 0.3) is 23.6 Å². The van der Waals surface area contributed by atoms with Crippen molar-refractivity contribution >= 4 is 23.6 Å². The Morgan fingerprint density at radius 3 is 2.37 bits per heavy atom. The van der Waals surface area contributed by atoms with Crippen LogP contribution in [0, 0.1) is 0 Å². The summed E-state index contributed by atoms with van der Waals surface area (Å²) in [6.07, 6.45) is 0.451. The SMILES string of the molecule is CNC(=O)c1cc(C(=O)NCC[C@H]2OC[C@H](N3C(=O)c4ccccc4C3=O)CO2)cc2c1OCC2. The molecule has 2 N–H and O–H groups in total. The summed E-state index contributed by atoms with van der Waals surface area (Å²) in [6.45, 7) is 1.07. The van der Waals surface area contributed by atoms with Gasteiger partial charge >= 0.3 is 0 Å². The fourth-order valence-corrected chi connectivity index (χ4v) is 4.54. The third-order valence-corrected chi connectivity index (χ3v) is 6.32. The third-order valence-electron chi connectivity index (χ3n) is 6.32. The average Bonchev–Trinajstić information content (AvgIpc) is 3.46. The van der Waals surface area contributed by atoms with Crippen LogP contribution in [0.15, 0.2) is 36.4 Å². The van der Waals surface area contributed by atoms with Crippen molar-refractivity contribution in [1.29, 1.82) is 0 Å². The highest BCUT2D eigenvalue weighted by Gasteiger charge is 2.41. The predicted molar refractivity (Wildman–Crippen MR) is 122 cm³/mol. The maximum atomic E-state index is 12.7. The van der Waals surface area contributed by atoms with Crippen LogP contribution in [0.3, 0.4) is 0 Å². The molecule has 1 fully saturated rings. The van der Waals surface area contributed by atoms with Crippen LogP contribution in [0.25, 0.3) is 0 Å². The summed E-state index contributed by atoms with van der Waals surface area (Å²) in [7, 11) is 1.53. The maximum Gasteiger partial charge on any atom is 0.261 e.